The quantitative estimate of drug-likeness (QED) is 0.348. The van der Waals surface area contributed by atoms with Crippen LogP contribution in [0.25, 0.3) is 20.7 Å². The molecule has 3 aromatic heterocycles. The zero-order valence-electron chi connectivity index (χ0n) is 17.5. The number of thiophene rings is 2. The Kier molecular flexibility index (Phi) is 7.19. The third-order valence-corrected chi connectivity index (χ3v) is 8.09. The Hall–Kier alpha value is -1.64. The van der Waals surface area contributed by atoms with E-state index in [0.717, 1.165) is 28.1 Å². The predicted molar refractivity (Wildman–Crippen MR) is 125 cm³/mol. The molecule has 0 radical (unpaired) electrons. The van der Waals surface area contributed by atoms with E-state index in [1.165, 1.54) is 23.1 Å². The number of fused-ring (bicyclic) bond motifs is 1. The molecule has 0 spiro atoms. The standard InChI is InChI=1S/C21H27N3O2S3/c1-6-13(3)24(14(4)7-2)17(25)12-29-21-22-19-18(20(26)23(21)5)15(11-28-19)16-9-8-10-27-16/h8-11,13-14H,6-7,12H2,1-5H3/t13-,14+. The van der Waals surface area contributed by atoms with Gasteiger partial charge in [0.1, 0.15) is 4.83 Å². The van der Waals surface area contributed by atoms with Crippen molar-refractivity contribution in [1.29, 1.82) is 0 Å². The van der Waals surface area contributed by atoms with Crippen molar-refractivity contribution in [2.24, 2.45) is 7.05 Å². The Morgan fingerprint density at radius 3 is 2.52 bits per heavy atom. The highest BCUT2D eigenvalue weighted by atomic mass is 32.2. The van der Waals surface area contributed by atoms with Crippen LogP contribution in [0.2, 0.25) is 0 Å². The average Bonchev–Trinajstić information content (AvgIpc) is 3.38. The second-order valence-corrected chi connectivity index (χ2v) is 9.92. The molecule has 29 heavy (non-hydrogen) atoms. The number of aromatic nitrogens is 2. The van der Waals surface area contributed by atoms with Gasteiger partial charge in [-0.25, -0.2) is 4.98 Å². The maximum absolute atomic E-state index is 13.0. The minimum atomic E-state index is -0.0599. The molecular weight excluding hydrogens is 422 g/mol. The Balaban J connectivity index is 1.87. The topological polar surface area (TPSA) is 55.2 Å². The Labute approximate surface area is 183 Å². The van der Waals surface area contributed by atoms with E-state index >= 15 is 0 Å². The van der Waals surface area contributed by atoms with Crippen LogP contribution in [0.4, 0.5) is 0 Å². The number of hydrogen-bond donors (Lipinski definition) is 0. The number of amides is 1. The molecule has 0 aliphatic carbocycles. The van der Waals surface area contributed by atoms with Crippen LogP contribution in [-0.4, -0.2) is 38.2 Å². The van der Waals surface area contributed by atoms with Crippen molar-refractivity contribution in [3.63, 3.8) is 0 Å². The number of nitrogens with zero attached hydrogens (tertiary/aromatic N) is 3. The van der Waals surface area contributed by atoms with Gasteiger partial charge in [-0.1, -0.05) is 31.7 Å². The molecule has 5 nitrogen and oxygen atoms in total. The number of hydrogen-bond acceptors (Lipinski definition) is 6. The van der Waals surface area contributed by atoms with Gasteiger partial charge < -0.3 is 4.90 Å². The highest BCUT2D eigenvalue weighted by Gasteiger charge is 2.24. The summed E-state index contributed by atoms with van der Waals surface area (Å²) in [4.78, 5) is 34.5. The predicted octanol–water partition coefficient (Wildman–Crippen LogP) is 5.24. The normalized spacial score (nSPS) is 13.6. The lowest BCUT2D eigenvalue weighted by atomic mass is 10.1. The molecule has 0 unspecified atom stereocenters. The summed E-state index contributed by atoms with van der Waals surface area (Å²) >= 11 is 4.44. The van der Waals surface area contributed by atoms with Crippen molar-refractivity contribution in [2.75, 3.05) is 5.75 Å². The van der Waals surface area contributed by atoms with Crippen LogP contribution in [0, 0.1) is 0 Å². The van der Waals surface area contributed by atoms with Crippen molar-refractivity contribution in [3.05, 3.63) is 33.2 Å². The van der Waals surface area contributed by atoms with Gasteiger partial charge in [0.05, 0.1) is 11.1 Å². The lowest BCUT2D eigenvalue weighted by molar-refractivity contribution is -0.132. The molecule has 0 aliphatic heterocycles. The van der Waals surface area contributed by atoms with Crippen LogP contribution >= 0.6 is 34.4 Å². The summed E-state index contributed by atoms with van der Waals surface area (Å²) in [6, 6.07) is 4.40. The first-order chi connectivity index (χ1) is 13.9. The van der Waals surface area contributed by atoms with Gasteiger partial charge in [-0.2, -0.15) is 0 Å². The maximum atomic E-state index is 13.0. The van der Waals surface area contributed by atoms with E-state index in [1.54, 1.807) is 23.0 Å². The van der Waals surface area contributed by atoms with Gasteiger partial charge in [0, 0.05) is 35.0 Å². The molecule has 0 N–H and O–H groups in total. The van der Waals surface area contributed by atoms with E-state index in [4.69, 9.17) is 4.98 Å². The van der Waals surface area contributed by atoms with Crippen molar-refractivity contribution >= 4 is 50.6 Å². The molecule has 0 aliphatic rings. The molecule has 2 atom stereocenters. The van der Waals surface area contributed by atoms with Gasteiger partial charge in [0.15, 0.2) is 5.16 Å². The van der Waals surface area contributed by atoms with Crippen LogP contribution in [0.1, 0.15) is 40.5 Å². The Morgan fingerprint density at radius 2 is 1.93 bits per heavy atom. The van der Waals surface area contributed by atoms with Crippen LogP contribution in [0.5, 0.6) is 0 Å². The molecule has 3 rings (SSSR count). The number of thioether (sulfide) groups is 1. The van der Waals surface area contributed by atoms with E-state index in [-0.39, 0.29) is 29.3 Å². The van der Waals surface area contributed by atoms with Crippen LogP contribution < -0.4 is 5.56 Å². The first-order valence-electron chi connectivity index (χ1n) is 9.85. The fourth-order valence-electron chi connectivity index (χ4n) is 3.32. The number of carbonyl (C=O) groups excluding carboxylic acids is 1. The zero-order valence-corrected chi connectivity index (χ0v) is 19.9. The third-order valence-electron chi connectivity index (χ3n) is 5.30. The lowest BCUT2D eigenvalue weighted by Gasteiger charge is -2.34. The number of rotatable bonds is 8. The van der Waals surface area contributed by atoms with E-state index in [0.29, 0.717) is 10.5 Å². The monoisotopic (exact) mass is 449 g/mol. The van der Waals surface area contributed by atoms with E-state index < -0.39 is 0 Å². The molecule has 1 amide bonds. The largest absolute Gasteiger partial charge is 0.337 e. The van der Waals surface area contributed by atoms with Crippen LogP contribution in [0.3, 0.4) is 0 Å². The highest BCUT2D eigenvalue weighted by molar-refractivity contribution is 7.99. The minimum Gasteiger partial charge on any atom is -0.337 e. The summed E-state index contributed by atoms with van der Waals surface area (Å²) in [5.74, 6) is 0.377. The van der Waals surface area contributed by atoms with E-state index in [2.05, 4.69) is 27.7 Å². The molecule has 0 bridgehead atoms. The zero-order chi connectivity index (χ0) is 21.1. The van der Waals surface area contributed by atoms with E-state index in [9.17, 15) is 9.59 Å². The molecular formula is C21H27N3O2S3. The Bertz CT molecular complexity index is 1030. The van der Waals surface area contributed by atoms with Gasteiger partial charge in [-0.05, 0) is 38.1 Å². The Morgan fingerprint density at radius 1 is 1.24 bits per heavy atom. The minimum absolute atomic E-state index is 0.0599. The summed E-state index contributed by atoms with van der Waals surface area (Å²) in [6.45, 7) is 8.38. The maximum Gasteiger partial charge on any atom is 0.263 e. The molecule has 156 valence electrons. The summed E-state index contributed by atoms with van der Waals surface area (Å²) in [5.41, 5.74) is 0.885. The molecule has 3 heterocycles. The average molecular weight is 450 g/mol. The SMILES string of the molecule is CC[C@@H](C)N(C(=O)CSc1nc2scc(-c3cccs3)c2c(=O)n1C)[C@@H](C)CC. The fourth-order valence-corrected chi connectivity index (χ4v) is 5.96. The van der Waals surface area contributed by atoms with E-state index in [1.807, 2.05) is 27.8 Å². The molecule has 0 saturated carbocycles. The third kappa shape index (κ3) is 4.44. The molecule has 3 aromatic rings. The molecule has 0 fully saturated rings. The first-order valence-corrected chi connectivity index (χ1v) is 12.6. The molecule has 0 aromatic carbocycles. The van der Waals surface area contributed by atoms with Gasteiger partial charge in [-0.15, -0.1) is 22.7 Å². The summed E-state index contributed by atoms with van der Waals surface area (Å²) in [6.07, 6.45) is 1.84. The van der Waals surface area contributed by atoms with Crippen molar-refractivity contribution in [3.8, 4) is 10.4 Å². The van der Waals surface area contributed by atoms with Crippen molar-refractivity contribution in [1.82, 2.24) is 14.5 Å². The fraction of sp³-hybridized carbons (Fsp3) is 0.476. The van der Waals surface area contributed by atoms with Crippen molar-refractivity contribution < 1.29 is 4.79 Å². The first kappa shape index (κ1) is 22.1. The smallest absolute Gasteiger partial charge is 0.263 e. The second-order valence-electron chi connectivity index (χ2n) is 7.17. The van der Waals surface area contributed by atoms with Gasteiger partial charge in [0.25, 0.3) is 5.56 Å². The van der Waals surface area contributed by atoms with Crippen molar-refractivity contribution in [2.45, 2.75) is 57.8 Å². The highest BCUT2D eigenvalue weighted by Crippen LogP contribution is 2.34. The second kappa shape index (κ2) is 9.45. The summed E-state index contributed by atoms with van der Waals surface area (Å²) in [5, 5.41) is 5.26. The van der Waals surface area contributed by atoms with Crippen LogP contribution in [-0.2, 0) is 11.8 Å². The van der Waals surface area contributed by atoms with Crippen LogP contribution in [0.15, 0.2) is 32.8 Å². The summed E-state index contributed by atoms with van der Waals surface area (Å²) < 4.78 is 1.57. The summed E-state index contributed by atoms with van der Waals surface area (Å²) in [7, 11) is 1.73. The lowest BCUT2D eigenvalue weighted by Crippen LogP contribution is -2.45. The van der Waals surface area contributed by atoms with Gasteiger partial charge in [-0.3, -0.25) is 14.2 Å². The van der Waals surface area contributed by atoms with Gasteiger partial charge >= 0.3 is 0 Å². The molecule has 8 heteroatoms. The number of carbonyl (C=O) groups is 1. The molecule has 0 saturated heterocycles. The van der Waals surface area contributed by atoms with Gasteiger partial charge in [0.2, 0.25) is 5.91 Å².